The molecule has 6 nitrogen and oxygen atoms in total. The molecule has 1 heterocycles. The summed E-state index contributed by atoms with van der Waals surface area (Å²) in [7, 11) is 1.63. The molecule has 35 heavy (non-hydrogen) atoms. The van der Waals surface area contributed by atoms with Crippen molar-refractivity contribution >= 4 is 17.7 Å². The molecule has 0 aromatic heterocycles. The van der Waals surface area contributed by atoms with Crippen LogP contribution in [0.4, 0.5) is 0 Å². The predicted molar refractivity (Wildman–Crippen MR) is 134 cm³/mol. The molecule has 180 valence electrons. The Labute approximate surface area is 205 Å². The molecule has 0 fully saturated rings. The Morgan fingerprint density at radius 3 is 1.97 bits per heavy atom. The van der Waals surface area contributed by atoms with Crippen molar-refractivity contribution < 1.29 is 19.1 Å². The van der Waals surface area contributed by atoms with Gasteiger partial charge in [-0.25, -0.2) is 0 Å². The molecule has 0 saturated carbocycles. The van der Waals surface area contributed by atoms with Crippen LogP contribution in [0.2, 0.25) is 0 Å². The van der Waals surface area contributed by atoms with E-state index in [2.05, 4.69) is 5.32 Å². The molecule has 0 spiro atoms. The van der Waals surface area contributed by atoms with E-state index < -0.39 is 0 Å². The number of imide groups is 1. The van der Waals surface area contributed by atoms with Crippen molar-refractivity contribution in [3.05, 3.63) is 101 Å². The van der Waals surface area contributed by atoms with E-state index in [-0.39, 0.29) is 23.8 Å². The number of benzene rings is 3. The van der Waals surface area contributed by atoms with Crippen molar-refractivity contribution in [1.82, 2.24) is 10.2 Å². The Morgan fingerprint density at radius 2 is 1.34 bits per heavy atom. The van der Waals surface area contributed by atoms with Gasteiger partial charge in [-0.05, 0) is 48.2 Å². The second kappa shape index (κ2) is 11.5. The van der Waals surface area contributed by atoms with Crippen molar-refractivity contribution in [3.63, 3.8) is 0 Å². The average molecular weight is 471 g/mol. The van der Waals surface area contributed by atoms with Crippen LogP contribution in [0.15, 0.2) is 78.9 Å². The van der Waals surface area contributed by atoms with Crippen LogP contribution in [-0.4, -0.2) is 36.3 Å². The minimum atomic E-state index is -0.233. The van der Waals surface area contributed by atoms with Crippen LogP contribution in [0.3, 0.4) is 0 Å². The van der Waals surface area contributed by atoms with E-state index in [1.807, 2.05) is 54.6 Å². The Morgan fingerprint density at radius 1 is 0.771 bits per heavy atom. The minimum absolute atomic E-state index is 0.00461. The van der Waals surface area contributed by atoms with Crippen molar-refractivity contribution in [2.75, 3.05) is 13.7 Å². The van der Waals surface area contributed by atoms with Crippen molar-refractivity contribution in [3.8, 4) is 5.75 Å². The number of methoxy groups -OCH3 is 1. The maximum Gasteiger partial charge on any atom is 0.261 e. The SMILES string of the molecule is COc1ccc([C@H](NC(=O)CCCCCCN2C(=O)c3ccccc3C2=O)c2ccccc2)cc1. The highest BCUT2D eigenvalue weighted by molar-refractivity contribution is 6.21. The molecule has 1 atom stereocenters. The van der Waals surface area contributed by atoms with E-state index in [4.69, 9.17) is 4.74 Å². The van der Waals surface area contributed by atoms with Gasteiger partial charge in [0.15, 0.2) is 0 Å². The molecule has 3 amide bonds. The molecule has 0 saturated heterocycles. The summed E-state index contributed by atoms with van der Waals surface area (Å²) in [6, 6.07) is 24.3. The van der Waals surface area contributed by atoms with E-state index in [0.717, 1.165) is 42.6 Å². The Hall–Kier alpha value is -3.93. The Bertz CT molecular complexity index is 1140. The third-order valence-electron chi connectivity index (χ3n) is 6.30. The molecule has 0 unspecified atom stereocenters. The smallest absolute Gasteiger partial charge is 0.261 e. The summed E-state index contributed by atoms with van der Waals surface area (Å²) < 4.78 is 5.25. The van der Waals surface area contributed by atoms with Gasteiger partial charge >= 0.3 is 0 Å². The van der Waals surface area contributed by atoms with Crippen LogP contribution in [0.1, 0.15) is 70.0 Å². The number of hydrogen-bond donors (Lipinski definition) is 1. The number of amides is 3. The molecule has 0 bridgehead atoms. The summed E-state index contributed by atoms with van der Waals surface area (Å²) in [4.78, 5) is 38.9. The highest BCUT2D eigenvalue weighted by Crippen LogP contribution is 2.25. The zero-order valence-corrected chi connectivity index (χ0v) is 19.9. The summed E-state index contributed by atoms with van der Waals surface area (Å²) in [5.41, 5.74) is 2.98. The first-order valence-electron chi connectivity index (χ1n) is 12.0. The van der Waals surface area contributed by atoms with Crippen LogP contribution >= 0.6 is 0 Å². The van der Waals surface area contributed by atoms with Gasteiger partial charge in [-0.1, -0.05) is 67.4 Å². The van der Waals surface area contributed by atoms with E-state index in [9.17, 15) is 14.4 Å². The molecular formula is C29H30N2O4. The highest BCUT2D eigenvalue weighted by Gasteiger charge is 2.34. The second-order valence-electron chi connectivity index (χ2n) is 8.66. The van der Waals surface area contributed by atoms with Crippen LogP contribution < -0.4 is 10.1 Å². The summed E-state index contributed by atoms with van der Waals surface area (Å²) in [5.74, 6) is 0.342. The summed E-state index contributed by atoms with van der Waals surface area (Å²) in [6.07, 6.45) is 3.60. The van der Waals surface area contributed by atoms with Crippen molar-refractivity contribution in [1.29, 1.82) is 0 Å². The number of carbonyl (C=O) groups excluding carboxylic acids is 3. The normalized spacial score (nSPS) is 13.5. The lowest BCUT2D eigenvalue weighted by Gasteiger charge is -2.20. The number of fused-ring (bicyclic) bond motifs is 1. The molecule has 4 rings (SSSR count). The van der Waals surface area contributed by atoms with Crippen molar-refractivity contribution in [2.24, 2.45) is 0 Å². The van der Waals surface area contributed by atoms with E-state index >= 15 is 0 Å². The first-order chi connectivity index (χ1) is 17.1. The molecule has 0 radical (unpaired) electrons. The monoisotopic (exact) mass is 470 g/mol. The molecule has 0 aliphatic carbocycles. The molecule has 6 heteroatoms. The van der Waals surface area contributed by atoms with Crippen LogP contribution in [-0.2, 0) is 4.79 Å². The average Bonchev–Trinajstić information content (AvgIpc) is 3.14. The maximum absolute atomic E-state index is 12.7. The van der Waals surface area contributed by atoms with Crippen molar-refractivity contribution in [2.45, 2.75) is 38.1 Å². The standard InChI is InChI=1S/C29H30N2O4/c1-35-23-18-16-22(17-19-23)27(21-11-5-4-6-12-21)30-26(32)15-7-2-3-10-20-31-28(33)24-13-8-9-14-25(24)29(31)34/h4-6,8-9,11-14,16-19,27H,2-3,7,10,15,20H2,1H3,(H,30,32)/t27-/m1/s1. The Balaban J connectivity index is 1.23. The molecule has 1 N–H and O–H groups in total. The van der Waals surface area contributed by atoms with Gasteiger partial charge in [0.05, 0.1) is 24.3 Å². The molecular weight excluding hydrogens is 440 g/mol. The van der Waals surface area contributed by atoms with Gasteiger partial charge in [0.25, 0.3) is 11.8 Å². The van der Waals surface area contributed by atoms with E-state index in [1.54, 1.807) is 31.4 Å². The largest absolute Gasteiger partial charge is 0.497 e. The topological polar surface area (TPSA) is 75.7 Å². The first kappa shape index (κ1) is 24.2. The second-order valence-corrected chi connectivity index (χ2v) is 8.66. The Kier molecular flexibility index (Phi) is 7.93. The number of nitrogens with zero attached hydrogens (tertiary/aromatic N) is 1. The lowest BCUT2D eigenvalue weighted by atomic mass is 9.98. The zero-order chi connectivity index (χ0) is 24.6. The number of rotatable bonds is 11. The van der Waals surface area contributed by atoms with E-state index in [0.29, 0.717) is 24.1 Å². The van der Waals surface area contributed by atoms with Gasteiger partial charge in [-0.3, -0.25) is 19.3 Å². The fraction of sp³-hybridized carbons (Fsp3) is 0.276. The maximum atomic E-state index is 12.7. The number of ether oxygens (including phenoxy) is 1. The summed E-state index contributed by atoms with van der Waals surface area (Å²) in [5, 5.41) is 3.17. The number of unbranched alkanes of at least 4 members (excludes halogenated alkanes) is 3. The third kappa shape index (κ3) is 5.77. The minimum Gasteiger partial charge on any atom is -0.497 e. The van der Waals surface area contributed by atoms with Crippen LogP contribution in [0, 0.1) is 0 Å². The predicted octanol–water partition coefficient (Wildman–Crippen LogP) is 5.15. The molecule has 3 aromatic rings. The fourth-order valence-electron chi connectivity index (χ4n) is 4.39. The molecule has 1 aliphatic heterocycles. The van der Waals surface area contributed by atoms with Crippen LogP contribution in [0.25, 0.3) is 0 Å². The summed E-state index contributed by atoms with van der Waals surface area (Å²) >= 11 is 0. The van der Waals surface area contributed by atoms with E-state index in [1.165, 1.54) is 4.90 Å². The van der Waals surface area contributed by atoms with Gasteiger partial charge in [0.2, 0.25) is 5.91 Å². The lowest BCUT2D eigenvalue weighted by Crippen LogP contribution is -2.30. The highest BCUT2D eigenvalue weighted by atomic mass is 16.5. The quantitative estimate of drug-likeness (QED) is 0.311. The fourth-order valence-corrected chi connectivity index (χ4v) is 4.39. The van der Waals surface area contributed by atoms with Gasteiger partial charge in [-0.2, -0.15) is 0 Å². The van der Waals surface area contributed by atoms with Gasteiger partial charge in [-0.15, -0.1) is 0 Å². The van der Waals surface area contributed by atoms with Gasteiger partial charge in [0, 0.05) is 13.0 Å². The first-order valence-corrected chi connectivity index (χ1v) is 12.0. The third-order valence-corrected chi connectivity index (χ3v) is 6.30. The van der Waals surface area contributed by atoms with Gasteiger partial charge in [0.1, 0.15) is 5.75 Å². The summed E-state index contributed by atoms with van der Waals surface area (Å²) in [6.45, 7) is 0.409. The number of nitrogens with one attached hydrogen (secondary N) is 1. The number of carbonyl (C=O) groups is 3. The number of hydrogen-bond acceptors (Lipinski definition) is 4. The zero-order valence-electron chi connectivity index (χ0n) is 19.9. The van der Waals surface area contributed by atoms with Gasteiger partial charge < -0.3 is 10.1 Å². The molecule has 1 aliphatic rings. The lowest BCUT2D eigenvalue weighted by molar-refractivity contribution is -0.121. The molecule has 3 aromatic carbocycles. The van der Waals surface area contributed by atoms with Crippen LogP contribution in [0.5, 0.6) is 5.75 Å².